The molecule has 2 heterocycles. The highest BCUT2D eigenvalue weighted by molar-refractivity contribution is 7.85. The van der Waals surface area contributed by atoms with Crippen molar-refractivity contribution in [1.29, 1.82) is 0 Å². The standard InChI is InChI=1S/C8H9NO3S/c10-4-7-3-8(12-9-7)6-1-2-13(11)5-6/h3-4,6H,1-2,5H2. The third kappa shape index (κ3) is 1.70. The number of aldehydes is 1. The van der Waals surface area contributed by atoms with Crippen molar-refractivity contribution < 1.29 is 13.5 Å². The highest BCUT2D eigenvalue weighted by Gasteiger charge is 2.25. The van der Waals surface area contributed by atoms with Gasteiger partial charge in [0.1, 0.15) is 11.5 Å². The summed E-state index contributed by atoms with van der Waals surface area (Å²) in [7, 11) is -0.722. The highest BCUT2D eigenvalue weighted by Crippen LogP contribution is 2.26. The average Bonchev–Trinajstić information content (AvgIpc) is 2.71. The molecule has 0 amide bonds. The van der Waals surface area contributed by atoms with Crippen LogP contribution in [0.4, 0.5) is 0 Å². The van der Waals surface area contributed by atoms with Crippen LogP contribution in [0.25, 0.3) is 0 Å². The van der Waals surface area contributed by atoms with Crippen LogP contribution in [0.1, 0.15) is 28.6 Å². The van der Waals surface area contributed by atoms with E-state index in [2.05, 4.69) is 5.16 Å². The van der Waals surface area contributed by atoms with Crippen molar-refractivity contribution in [2.24, 2.45) is 0 Å². The lowest BCUT2D eigenvalue weighted by atomic mass is 10.1. The largest absolute Gasteiger partial charge is 0.360 e. The fraction of sp³-hybridized carbons (Fsp3) is 0.500. The van der Waals surface area contributed by atoms with Crippen LogP contribution in [-0.2, 0) is 10.8 Å². The molecule has 2 atom stereocenters. The lowest BCUT2D eigenvalue weighted by Crippen LogP contribution is -1.96. The smallest absolute Gasteiger partial charge is 0.171 e. The zero-order valence-corrected chi connectivity index (χ0v) is 7.75. The molecule has 1 aliphatic rings. The Hall–Kier alpha value is -0.970. The average molecular weight is 199 g/mol. The van der Waals surface area contributed by atoms with Gasteiger partial charge in [-0.1, -0.05) is 5.16 Å². The monoisotopic (exact) mass is 199 g/mol. The minimum absolute atomic E-state index is 0.182. The van der Waals surface area contributed by atoms with E-state index in [1.165, 1.54) is 0 Å². The molecule has 1 aliphatic heterocycles. The first kappa shape index (κ1) is 8.62. The first-order valence-electron chi connectivity index (χ1n) is 4.06. The molecule has 1 aromatic rings. The second-order valence-corrected chi connectivity index (χ2v) is 4.69. The molecule has 1 fully saturated rings. The molecule has 1 aromatic heterocycles. The van der Waals surface area contributed by atoms with Gasteiger partial charge in [-0.2, -0.15) is 0 Å². The number of aromatic nitrogens is 1. The van der Waals surface area contributed by atoms with Gasteiger partial charge in [-0.3, -0.25) is 9.00 Å². The summed E-state index contributed by atoms with van der Waals surface area (Å²) in [5.41, 5.74) is 0.313. The Morgan fingerprint density at radius 3 is 3.08 bits per heavy atom. The summed E-state index contributed by atoms with van der Waals surface area (Å²) in [5, 5.41) is 3.56. The maximum atomic E-state index is 11.1. The molecule has 5 heteroatoms. The molecule has 0 radical (unpaired) electrons. The first-order chi connectivity index (χ1) is 6.29. The van der Waals surface area contributed by atoms with E-state index in [-0.39, 0.29) is 5.92 Å². The van der Waals surface area contributed by atoms with Gasteiger partial charge in [0.15, 0.2) is 6.29 Å². The SMILES string of the molecule is O=Cc1cc(C2CCS(=O)C2)on1. The normalized spacial score (nSPS) is 27.7. The summed E-state index contributed by atoms with van der Waals surface area (Å²) in [6.07, 6.45) is 1.51. The van der Waals surface area contributed by atoms with Crippen LogP contribution in [0.5, 0.6) is 0 Å². The summed E-state index contributed by atoms with van der Waals surface area (Å²) < 4.78 is 16.1. The fourth-order valence-corrected chi connectivity index (χ4v) is 2.93. The summed E-state index contributed by atoms with van der Waals surface area (Å²) in [6.45, 7) is 0. The van der Waals surface area contributed by atoms with Gasteiger partial charge in [0, 0.05) is 34.3 Å². The highest BCUT2D eigenvalue weighted by atomic mass is 32.2. The molecule has 4 nitrogen and oxygen atoms in total. The third-order valence-corrected chi connectivity index (χ3v) is 3.62. The molecule has 13 heavy (non-hydrogen) atoms. The van der Waals surface area contributed by atoms with E-state index in [0.717, 1.165) is 12.2 Å². The zero-order valence-electron chi connectivity index (χ0n) is 6.93. The van der Waals surface area contributed by atoms with Crippen LogP contribution < -0.4 is 0 Å². The van der Waals surface area contributed by atoms with Gasteiger partial charge >= 0.3 is 0 Å². The summed E-state index contributed by atoms with van der Waals surface area (Å²) in [6, 6.07) is 1.63. The van der Waals surface area contributed by atoms with Gasteiger partial charge in [0.2, 0.25) is 0 Å². The predicted octanol–water partition coefficient (Wildman–Crippen LogP) is 0.723. The Balaban J connectivity index is 2.16. The Bertz CT molecular complexity index is 347. The Morgan fingerprint density at radius 1 is 1.69 bits per heavy atom. The van der Waals surface area contributed by atoms with Crippen molar-refractivity contribution >= 4 is 17.1 Å². The molecular weight excluding hydrogens is 190 g/mol. The predicted molar refractivity (Wildman–Crippen MR) is 47.1 cm³/mol. The summed E-state index contributed by atoms with van der Waals surface area (Å²) >= 11 is 0. The van der Waals surface area contributed by atoms with E-state index < -0.39 is 10.8 Å². The minimum atomic E-state index is -0.722. The van der Waals surface area contributed by atoms with Gasteiger partial charge in [-0.05, 0) is 6.42 Å². The number of rotatable bonds is 2. The number of hydrogen-bond acceptors (Lipinski definition) is 4. The Labute approximate surface area is 77.8 Å². The van der Waals surface area contributed by atoms with Crippen LogP contribution in [0.3, 0.4) is 0 Å². The van der Waals surface area contributed by atoms with Crippen LogP contribution in [-0.4, -0.2) is 27.2 Å². The fourth-order valence-electron chi connectivity index (χ4n) is 1.44. The van der Waals surface area contributed by atoms with E-state index in [1.54, 1.807) is 6.07 Å². The van der Waals surface area contributed by atoms with Crippen molar-refractivity contribution in [2.45, 2.75) is 12.3 Å². The van der Waals surface area contributed by atoms with E-state index in [4.69, 9.17) is 4.52 Å². The van der Waals surface area contributed by atoms with E-state index >= 15 is 0 Å². The Morgan fingerprint density at radius 2 is 2.54 bits per heavy atom. The maximum absolute atomic E-state index is 11.1. The molecule has 0 spiro atoms. The molecule has 0 aromatic carbocycles. The zero-order chi connectivity index (χ0) is 9.26. The van der Waals surface area contributed by atoms with Gasteiger partial charge in [0.25, 0.3) is 0 Å². The minimum Gasteiger partial charge on any atom is -0.360 e. The molecule has 0 aliphatic carbocycles. The van der Waals surface area contributed by atoms with E-state index in [9.17, 15) is 9.00 Å². The van der Waals surface area contributed by atoms with Crippen molar-refractivity contribution in [2.75, 3.05) is 11.5 Å². The second kappa shape index (κ2) is 3.41. The molecule has 0 bridgehead atoms. The quantitative estimate of drug-likeness (QED) is 0.658. The summed E-state index contributed by atoms with van der Waals surface area (Å²) in [4.78, 5) is 10.3. The molecule has 2 rings (SSSR count). The van der Waals surface area contributed by atoms with E-state index in [0.29, 0.717) is 23.5 Å². The third-order valence-electron chi connectivity index (χ3n) is 2.15. The van der Waals surface area contributed by atoms with Gasteiger partial charge in [-0.15, -0.1) is 0 Å². The number of nitrogens with zero attached hydrogens (tertiary/aromatic N) is 1. The first-order valence-corrected chi connectivity index (χ1v) is 5.55. The van der Waals surface area contributed by atoms with Crippen molar-refractivity contribution in [3.05, 3.63) is 17.5 Å². The van der Waals surface area contributed by atoms with Gasteiger partial charge < -0.3 is 4.52 Å². The Kier molecular flexibility index (Phi) is 2.26. The molecule has 2 unspecified atom stereocenters. The van der Waals surface area contributed by atoms with Crippen LogP contribution in [0.15, 0.2) is 10.6 Å². The number of carbonyl (C=O) groups is 1. The molecule has 70 valence electrons. The van der Waals surface area contributed by atoms with Crippen molar-refractivity contribution in [3.63, 3.8) is 0 Å². The van der Waals surface area contributed by atoms with Crippen molar-refractivity contribution in [3.8, 4) is 0 Å². The van der Waals surface area contributed by atoms with Gasteiger partial charge in [-0.25, -0.2) is 0 Å². The maximum Gasteiger partial charge on any atom is 0.171 e. The molecule has 0 N–H and O–H groups in total. The summed E-state index contributed by atoms with van der Waals surface area (Å²) in [5.74, 6) is 2.23. The molecule has 0 saturated carbocycles. The topological polar surface area (TPSA) is 60.2 Å². The van der Waals surface area contributed by atoms with Crippen LogP contribution in [0, 0.1) is 0 Å². The molecular formula is C8H9NO3S. The van der Waals surface area contributed by atoms with E-state index in [1.807, 2.05) is 0 Å². The lowest BCUT2D eigenvalue weighted by Gasteiger charge is -1.99. The molecule has 1 saturated heterocycles. The number of carbonyl (C=O) groups excluding carboxylic acids is 1. The lowest BCUT2D eigenvalue weighted by molar-refractivity contribution is 0.111. The number of hydrogen-bond donors (Lipinski definition) is 0. The second-order valence-electron chi connectivity index (χ2n) is 3.07. The van der Waals surface area contributed by atoms with Crippen LogP contribution in [0.2, 0.25) is 0 Å². The van der Waals surface area contributed by atoms with Crippen molar-refractivity contribution in [1.82, 2.24) is 5.16 Å². The van der Waals surface area contributed by atoms with Gasteiger partial charge in [0.05, 0.1) is 0 Å². The van der Waals surface area contributed by atoms with Crippen LogP contribution >= 0.6 is 0 Å².